The first-order valence-electron chi connectivity index (χ1n) is 14.0. The van der Waals surface area contributed by atoms with Gasteiger partial charge in [-0.2, -0.15) is 4.98 Å². The number of phenols is 1. The number of ether oxygens (including phenoxy) is 1. The van der Waals surface area contributed by atoms with Crippen LogP contribution < -0.4 is 5.32 Å². The highest BCUT2D eigenvalue weighted by atomic mass is 35.5. The van der Waals surface area contributed by atoms with E-state index < -0.39 is 5.60 Å². The van der Waals surface area contributed by atoms with Gasteiger partial charge in [-0.05, 0) is 81.8 Å². The number of hydrogen-bond acceptors (Lipinski definition) is 6. The molecule has 8 nitrogen and oxygen atoms in total. The number of aromatic hydroxyl groups is 1. The van der Waals surface area contributed by atoms with Crippen LogP contribution in [0.2, 0.25) is 15.1 Å². The van der Waals surface area contributed by atoms with E-state index in [1.807, 2.05) is 49.9 Å². The van der Waals surface area contributed by atoms with E-state index in [-0.39, 0.29) is 16.9 Å². The lowest BCUT2D eigenvalue weighted by Crippen LogP contribution is -2.43. The lowest BCUT2D eigenvalue weighted by atomic mass is 9.95. The zero-order valence-electron chi connectivity index (χ0n) is 23.8. The molecule has 1 atom stereocenters. The number of carbonyl (C=O) groups excluding carboxylic acids is 1. The molecular weight excluding hydrogens is 597 g/mol. The average molecular weight is 631 g/mol. The molecule has 4 aromatic rings. The van der Waals surface area contributed by atoms with Crippen molar-refractivity contribution < 1.29 is 14.6 Å². The summed E-state index contributed by atoms with van der Waals surface area (Å²) in [5.74, 6) is 0.794. The lowest BCUT2D eigenvalue weighted by molar-refractivity contribution is 0.0160. The molecule has 0 saturated carbocycles. The molecule has 3 heterocycles. The minimum absolute atomic E-state index is 0.0360. The Morgan fingerprint density at radius 2 is 1.88 bits per heavy atom. The number of hydrogen-bond donors (Lipinski definition) is 2. The Morgan fingerprint density at radius 3 is 2.60 bits per heavy atom. The second-order valence-corrected chi connectivity index (χ2v) is 12.8. The minimum atomic E-state index is -0.531. The topological polar surface area (TPSA) is 92.5 Å². The Morgan fingerprint density at radius 1 is 1.12 bits per heavy atom. The van der Waals surface area contributed by atoms with Crippen LogP contribution in [0.3, 0.4) is 0 Å². The van der Waals surface area contributed by atoms with Gasteiger partial charge in [0.25, 0.3) is 0 Å². The maximum atomic E-state index is 12.7. The third-order valence-electron chi connectivity index (χ3n) is 7.25. The van der Waals surface area contributed by atoms with Crippen LogP contribution in [0.5, 0.6) is 5.75 Å². The van der Waals surface area contributed by atoms with E-state index >= 15 is 0 Å². The van der Waals surface area contributed by atoms with Crippen molar-refractivity contribution in [1.82, 2.24) is 19.4 Å². The maximum Gasteiger partial charge on any atom is 0.410 e. The van der Waals surface area contributed by atoms with Gasteiger partial charge in [0, 0.05) is 43.3 Å². The molecule has 0 radical (unpaired) electrons. The molecule has 2 N–H and O–H groups in total. The summed E-state index contributed by atoms with van der Waals surface area (Å²) in [4.78, 5) is 24.0. The largest absolute Gasteiger partial charge is 0.506 e. The Labute approximate surface area is 260 Å². The van der Waals surface area contributed by atoms with Crippen molar-refractivity contribution >= 4 is 57.9 Å². The van der Waals surface area contributed by atoms with Crippen molar-refractivity contribution in [3.05, 3.63) is 69.3 Å². The van der Waals surface area contributed by atoms with Crippen molar-refractivity contribution in [3.63, 3.8) is 0 Å². The average Bonchev–Trinajstić information content (AvgIpc) is 3.29. The van der Waals surface area contributed by atoms with Gasteiger partial charge in [0.2, 0.25) is 5.95 Å². The van der Waals surface area contributed by atoms with Crippen LogP contribution in [0.4, 0.5) is 10.7 Å². The number of nitrogens with one attached hydrogen (secondary N) is 1. The molecule has 1 fully saturated rings. The van der Waals surface area contributed by atoms with Crippen LogP contribution in [-0.2, 0) is 17.8 Å². The van der Waals surface area contributed by atoms with Gasteiger partial charge in [-0.25, -0.2) is 9.78 Å². The second-order valence-electron chi connectivity index (χ2n) is 11.6. The number of amides is 1. The Bertz CT molecular complexity index is 1580. The third-order valence-corrected chi connectivity index (χ3v) is 8.18. The number of aryl methyl sites for hydroxylation is 1. The van der Waals surface area contributed by atoms with Gasteiger partial charge < -0.3 is 24.6 Å². The fourth-order valence-electron chi connectivity index (χ4n) is 5.25. The molecule has 1 amide bonds. The minimum Gasteiger partial charge on any atom is -0.506 e. The van der Waals surface area contributed by atoms with E-state index in [9.17, 15) is 9.90 Å². The molecule has 1 aliphatic heterocycles. The van der Waals surface area contributed by atoms with E-state index in [0.29, 0.717) is 48.1 Å². The van der Waals surface area contributed by atoms with E-state index in [1.54, 1.807) is 24.4 Å². The Kier molecular flexibility index (Phi) is 9.06. The van der Waals surface area contributed by atoms with Crippen LogP contribution in [0, 0.1) is 5.92 Å². The zero-order chi connectivity index (χ0) is 30.0. The number of phenolic OH excluding ortho intramolecular Hbond substituents is 1. The van der Waals surface area contributed by atoms with Crippen molar-refractivity contribution in [2.45, 2.75) is 58.7 Å². The van der Waals surface area contributed by atoms with Crippen molar-refractivity contribution in [1.29, 1.82) is 0 Å². The maximum absolute atomic E-state index is 12.7. The summed E-state index contributed by atoms with van der Waals surface area (Å²) in [7, 11) is 0. The zero-order valence-corrected chi connectivity index (χ0v) is 26.1. The molecule has 0 aliphatic carbocycles. The van der Waals surface area contributed by atoms with Gasteiger partial charge in [0.1, 0.15) is 17.0 Å². The summed E-state index contributed by atoms with van der Waals surface area (Å²) in [5, 5.41) is 15.2. The predicted octanol–water partition coefficient (Wildman–Crippen LogP) is 8.41. The summed E-state index contributed by atoms with van der Waals surface area (Å²) in [6.07, 6.45) is 4.30. The first kappa shape index (κ1) is 30.3. The number of anilines is 1. The number of aromatic nitrogens is 3. The SMILES string of the molecule is CC(C)(C)OC(=O)N1CCC[C@@H](CCn2c(-c3c(Cl)cccc3Cl)cc3cnc(NCc4ccc(O)c(Cl)c4)nc32)C1. The highest BCUT2D eigenvalue weighted by Crippen LogP contribution is 2.38. The van der Waals surface area contributed by atoms with Crippen LogP contribution in [-0.4, -0.2) is 49.3 Å². The predicted molar refractivity (Wildman–Crippen MR) is 169 cm³/mol. The Hall–Kier alpha value is -3.20. The van der Waals surface area contributed by atoms with Gasteiger partial charge in [0.15, 0.2) is 0 Å². The van der Waals surface area contributed by atoms with Gasteiger partial charge in [-0.15, -0.1) is 0 Å². The van der Waals surface area contributed by atoms with Gasteiger partial charge in [-0.1, -0.05) is 46.9 Å². The first-order valence-corrected chi connectivity index (χ1v) is 15.1. The molecule has 1 aliphatic rings. The van der Waals surface area contributed by atoms with Crippen LogP contribution in [0.1, 0.15) is 45.6 Å². The molecular formula is C31H34Cl3N5O3. The summed E-state index contributed by atoms with van der Waals surface area (Å²) in [6, 6.07) is 12.5. The number of benzene rings is 2. The number of likely N-dealkylation sites (tertiary alicyclic amines) is 1. The summed E-state index contributed by atoms with van der Waals surface area (Å²) < 4.78 is 7.76. The molecule has 0 bridgehead atoms. The number of piperidine rings is 1. The van der Waals surface area contributed by atoms with Crippen molar-refractivity contribution in [2.24, 2.45) is 5.92 Å². The number of fused-ring (bicyclic) bond motifs is 1. The highest BCUT2D eigenvalue weighted by molar-refractivity contribution is 6.39. The fourth-order valence-corrected chi connectivity index (χ4v) is 6.04. The van der Waals surface area contributed by atoms with Crippen molar-refractivity contribution in [2.75, 3.05) is 18.4 Å². The fraction of sp³-hybridized carbons (Fsp3) is 0.387. The molecule has 2 aromatic heterocycles. The number of rotatable bonds is 7. The summed E-state index contributed by atoms with van der Waals surface area (Å²) in [6.45, 7) is 8.08. The van der Waals surface area contributed by atoms with E-state index in [4.69, 9.17) is 44.5 Å². The highest BCUT2D eigenvalue weighted by Gasteiger charge is 2.28. The molecule has 2 aromatic carbocycles. The second kappa shape index (κ2) is 12.6. The number of nitrogens with zero attached hydrogens (tertiary/aromatic N) is 4. The molecule has 5 rings (SSSR count). The molecule has 222 valence electrons. The molecule has 11 heteroatoms. The first-order chi connectivity index (χ1) is 20.0. The Balaban J connectivity index is 1.42. The number of halogens is 3. The van der Waals surface area contributed by atoms with Crippen LogP contribution in [0.25, 0.3) is 22.3 Å². The van der Waals surface area contributed by atoms with E-state index in [2.05, 4.69) is 14.9 Å². The molecule has 1 saturated heterocycles. The molecule has 0 spiro atoms. The quantitative estimate of drug-likeness (QED) is 0.213. The van der Waals surface area contributed by atoms with E-state index in [0.717, 1.165) is 47.1 Å². The smallest absolute Gasteiger partial charge is 0.410 e. The van der Waals surface area contributed by atoms with Gasteiger partial charge >= 0.3 is 6.09 Å². The monoisotopic (exact) mass is 629 g/mol. The van der Waals surface area contributed by atoms with E-state index in [1.165, 1.54) is 0 Å². The molecule has 0 unspecified atom stereocenters. The van der Waals surface area contributed by atoms with Gasteiger partial charge in [0.05, 0.1) is 20.8 Å². The van der Waals surface area contributed by atoms with Gasteiger partial charge in [-0.3, -0.25) is 0 Å². The summed E-state index contributed by atoms with van der Waals surface area (Å²) in [5.41, 5.74) is 2.70. The van der Waals surface area contributed by atoms with Crippen LogP contribution in [0.15, 0.2) is 48.7 Å². The number of carbonyl (C=O) groups is 1. The third kappa shape index (κ3) is 7.05. The van der Waals surface area contributed by atoms with Crippen molar-refractivity contribution in [3.8, 4) is 17.0 Å². The standard InChI is InChI=1S/C31H34Cl3N5O3/c1-31(2,3)42-30(41)38-12-5-6-19(18-38)11-13-39-25(27-22(32)7-4-8-23(27)33)15-21-17-36-29(37-28(21)39)35-16-20-9-10-26(40)24(34)14-20/h4,7-10,14-15,17,19,40H,5-6,11-13,16,18H2,1-3H3,(H,35,36,37)/t19-/m0/s1. The molecule has 42 heavy (non-hydrogen) atoms. The van der Waals surface area contributed by atoms with Crippen LogP contribution >= 0.6 is 34.8 Å². The lowest BCUT2D eigenvalue weighted by Gasteiger charge is -2.34. The summed E-state index contributed by atoms with van der Waals surface area (Å²) >= 11 is 19.4. The normalized spacial score (nSPS) is 15.7.